The van der Waals surface area contributed by atoms with Crippen LogP contribution in [0, 0.1) is 5.82 Å². The number of benzene rings is 1. The summed E-state index contributed by atoms with van der Waals surface area (Å²) in [5.41, 5.74) is 1.11. The molecular weight excluding hydrogens is 281 g/mol. The van der Waals surface area contributed by atoms with Crippen molar-refractivity contribution in [2.24, 2.45) is 0 Å². The van der Waals surface area contributed by atoms with E-state index < -0.39 is 0 Å². The van der Waals surface area contributed by atoms with Crippen LogP contribution in [0.5, 0.6) is 0 Å². The van der Waals surface area contributed by atoms with Gasteiger partial charge in [0.15, 0.2) is 0 Å². The van der Waals surface area contributed by atoms with Gasteiger partial charge in [-0.05, 0) is 37.1 Å². The lowest BCUT2D eigenvalue weighted by Gasteiger charge is -2.43. The van der Waals surface area contributed by atoms with Crippen molar-refractivity contribution >= 4 is 12.0 Å². The number of piperidine rings is 1. The van der Waals surface area contributed by atoms with E-state index in [9.17, 15) is 9.18 Å². The van der Waals surface area contributed by atoms with Crippen LogP contribution in [0.4, 0.5) is 10.1 Å². The molecule has 120 valence electrons. The van der Waals surface area contributed by atoms with Crippen LogP contribution in [0.15, 0.2) is 24.3 Å². The Morgan fingerprint density at radius 2 is 1.64 bits per heavy atom. The molecule has 3 rings (SSSR count). The molecule has 0 bridgehead atoms. The molecule has 2 saturated heterocycles. The summed E-state index contributed by atoms with van der Waals surface area (Å²) >= 11 is 0. The molecule has 0 aromatic heterocycles. The monoisotopic (exact) mass is 305 g/mol. The first-order chi connectivity index (χ1) is 10.8. The summed E-state index contributed by atoms with van der Waals surface area (Å²) in [4.78, 5) is 17.7. The van der Waals surface area contributed by atoms with Gasteiger partial charge in [-0.15, -0.1) is 0 Å². The average Bonchev–Trinajstić information content (AvgIpc) is 2.57. The number of aldehydes is 1. The van der Waals surface area contributed by atoms with Crippen LogP contribution in [0.25, 0.3) is 0 Å². The maximum atomic E-state index is 13.0. The van der Waals surface area contributed by atoms with Crippen LogP contribution in [0.3, 0.4) is 0 Å². The highest BCUT2D eigenvalue weighted by atomic mass is 19.1. The minimum Gasteiger partial charge on any atom is -0.369 e. The minimum atomic E-state index is -0.176. The molecule has 0 aliphatic carbocycles. The first-order valence-corrected chi connectivity index (χ1v) is 8.17. The maximum absolute atomic E-state index is 13.0. The summed E-state index contributed by atoms with van der Waals surface area (Å²) in [7, 11) is 0. The number of hydrogen-bond acceptors (Lipinski definition) is 4. The zero-order valence-electron chi connectivity index (χ0n) is 13.0. The summed E-state index contributed by atoms with van der Waals surface area (Å²) in [6, 6.07) is 7.44. The lowest BCUT2D eigenvalue weighted by atomic mass is 10.0. The van der Waals surface area contributed by atoms with Crippen molar-refractivity contribution in [2.45, 2.75) is 18.9 Å². The van der Waals surface area contributed by atoms with Gasteiger partial charge < -0.3 is 9.69 Å². The summed E-state index contributed by atoms with van der Waals surface area (Å²) < 4.78 is 13.0. The van der Waals surface area contributed by atoms with Gasteiger partial charge >= 0.3 is 0 Å². The Kier molecular flexibility index (Phi) is 5.05. The topological polar surface area (TPSA) is 26.8 Å². The Morgan fingerprint density at radius 3 is 2.23 bits per heavy atom. The van der Waals surface area contributed by atoms with Gasteiger partial charge in [0, 0.05) is 51.0 Å². The summed E-state index contributed by atoms with van der Waals surface area (Å²) in [6.07, 6.45) is 3.32. The molecule has 0 atom stereocenters. The molecule has 0 amide bonds. The number of halogens is 1. The van der Waals surface area contributed by atoms with E-state index in [1.807, 2.05) is 12.1 Å². The number of piperazine rings is 1. The normalized spacial score (nSPS) is 22.0. The summed E-state index contributed by atoms with van der Waals surface area (Å²) in [5, 5.41) is 0. The molecule has 4 nitrogen and oxygen atoms in total. The Hall–Kier alpha value is -1.46. The fourth-order valence-electron chi connectivity index (χ4n) is 3.57. The quantitative estimate of drug-likeness (QED) is 0.790. The molecule has 1 aromatic rings. The number of anilines is 1. The van der Waals surface area contributed by atoms with Crippen molar-refractivity contribution in [1.29, 1.82) is 0 Å². The number of hydrogen-bond donors (Lipinski definition) is 0. The Labute approximate surface area is 131 Å². The predicted molar refractivity (Wildman–Crippen MR) is 85.7 cm³/mol. The smallest absolute Gasteiger partial charge is 0.133 e. The molecule has 5 heteroatoms. The van der Waals surface area contributed by atoms with Crippen LogP contribution in [-0.2, 0) is 4.79 Å². The third-order valence-corrected chi connectivity index (χ3v) is 4.91. The molecule has 0 saturated carbocycles. The van der Waals surface area contributed by atoms with Crippen molar-refractivity contribution in [3.8, 4) is 0 Å². The van der Waals surface area contributed by atoms with Gasteiger partial charge in [-0.2, -0.15) is 0 Å². The van der Waals surface area contributed by atoms with Gasteiger partial charge in [-0.25, -0.2) is 4.39 Å². The van der Waals surface area contributed by atoms with E-state index in [-0.39, 0.29) is 5.82 Å². The predicted octanol–water partition coefficient (Wildman–Crippen LogP) is 1.61. The molecule has 1 aromatic carbocycles. The third kappa shape index (κ3) is 3.65. The highest BCUT2D eigenvalue weighted by Crippen LogP contribution is 2.21. The van der Waals surface area contributed by atoms with Crippen LogP contribution >= 0.6 is 0 Å². The molecule has 0 spiro atoms. The van der Waals surface area contributed by atoms with Gasteiger partial charge in [0.2, 0.25) is 0 Å². The number of carbonyl (C=O) groups excluding carboxylic acids is 1. The number of likely N-dealkylation sites (tertiary alicyclic amines) is 1. The summed E-state index contributed by atoms with van der Waals surface area (Å²) in [6.45, 7) is 6.76. The second-order valence-electron chi connectivity index (χ2n) is 6.20. The fourth-order valence-corrected chi connectivity index (χ4v) is 3.57. The van der Waals surface area contributed by atoms with E-state index in [0.717, 1.165) is 64.1 Å². The summed E-state index contributed by atoms with van der Waals surface area (Å²) in [5.74, 6) is -0.176. The zero-order valence-corrected chi connectivity index (χ0v) is 13.0. The molecule has 2 aliphatic rings. The van der Waals surface area contributed by atoms with Gasteiger partial charge in [-0.3, -0.25) is 9.80 Å². The van der Waals surface area contributed by atoms with Gasteiger partial charge in [-0.1, -0.05) is 0 Å². The van der Waals surface area contributed by atoms with Crippen molar-refractivity contribution in [3.63, 3.8) is 0 Å². The van der Waals surface area contributed by atoms with Gasteiger partial charge in [0.05, 0.1) is 6.54 Å². The van der Waals surface area contributed by atoms with Gasteiger partial charge in [0.1, 0.15) is 12.1 Å². The molecule has 22 heavy (non-hydrogen) atoms. The number of nitrogens with zero attached hydrogens (tertiary/aromatic N) is 3. The van der Waals surface area contributed by atoms with Crippen LogP contribution in [-0.4, -0.2) is 67.9 Å². The van der Waals surface area contributed by atoms with E-state index in [1.54, 1.807) is 0 Å². The van der Waals surface area contributed by atoms with E-state index >= 15 is 0 Å². The van der Waals surface area contributed by atoms with Crippen molar-refractivity contribution in [2.75, 3.05) is 50.7 Å². The largest absolute Gasteiger partial charge is 0.369 e. The number of rotatable bonds is 4. The second kappa shape index (κ2) is 7.20. The second-order valence-corrected chi connectivity index (χ2v) is 6.20. The van der Waals surface area contributed by atoms with E-state index in [2.05, 4.69) is 14.7 Å². The van der Waals surface area contributed by atoms with Crippen molar-refractivity contribution < 1.29 is 9.18 Å². The van der Waals surface area contributed by atoms with E-state index in [1.165, 1.54) is 12.1 Å². The molecule has 2 heterocycles. The highest BCUT2D eigenvalue weighted by Gasteiger charge is 2.27. The maximum Gasteiger partial charge on any atom is 0.133 e. The molecule has 2 fully saturated rings. The average molecular weight is 305 g/mol. The van der Waals surface area contributed by atoms with Crippen LogP contribution in [0.2, 0.25) is 0 Å². The third-order valence-electron chi connectivity index (χ3n) is 4.91. The van der Waals surface area contributed by atoms with Crippen molar-refractivity contribution in [1.82, 2.24) is 9.80 Å². The standard InChI is InChI=1S/C17H24FN3O/c18-15-1-3-16(4-2-15)20-9-11-21(12-10-20)17-5-7-19(8-6-17)13-14-22/h1-4,14,17H,5-13H2. The zero-order chi connectivity index (χ0) is 15.4. The lowest BCUT2D eigenvalue weighted by Crippen LogP contribution is -2.53. The Bertz CT molecular complexity index is 477. The van der Waals surface area contributed by atoms with E-state index in [0.29, 0.717) is 12.6 Å². The molecule has 0 radical (unpaired) electrons. The van der Waals surface area contributed by atoms with E-state index in [4.69, 9.17) is 0 Å². The van der Waals surface area contributed by atoms with Crippen LogP contribution < -0.4 is 4.90 Å². The Morgan fingerprint density at radius 1 is 1.00 bits per heavy atom. The van der Waals surface area contributed by atoms with Crippen molar-refractivity contribution in [3.05, 3.63) is 30.1 Å². The molecule has 0 N–H and O–H groups in total. The van der Waals surface area contributed by atoms with Crippen LogP contribution in [0.1, 0.15) is 12.8 Å². The Balaban J connectivity index is 1.48. The highest BCUT2D eigenvalue weighted by molar-refractivity contribution is 5.52. The SMILES string of the molecule is O=CCN1CCC(N2CCN(c3ccc(F)cc3)CC2)CC1. The molecule has 2 aliphatic heterocycles. The van der Waals surface area contributed by atoms with Gasteiger partial charge in [0.25, 0.3) is 0 Å². The number of carbonyl (C=O) groups is 1. The first-order valence-electron chi connectivity index (χ1n) is 8.17. The first kappa shape index (κ1) is 15.4. The minimum absolute atomic E-state index is 0.176. The lowest BCUT2D eigenvalue weighted by molar-refractivity contribution is -0.109. The molecular formula is C17H24FN3O. The molecule has 0 unspecified atom stereocenters. The fraction of sp³-hybridized carbons (Fsp3) is 0.588.